The van der Waals surface area contributed by atoms with Crippen LogP contribution in [0.3, 0.4) is 0 Å². The van der Waals surface area contributed by atoms with Crippen LogP contribution in [0, 0.1) is 34.5 Å². The largest absolute Gasteiger partial charge is 0.345 e. The van der Waals surface area contributed by atoms with Crippen molar-refractivity contribution in [3.05, 3.63) is 12.2 Å². The molecule has 0 bridgehead atoms. The molecule has 5 rings (SSSR count). The van der Waals surface area contributed by atoms with E-state index in [0.29, 0.717) is 29.7 Å². The maximum absolute atomic E-state index is 11.5. The predicted molar refractivity (Wildman–Crippen MR) is 113 cm³/mol. The Morgan fingerprint density at radius 2 is 1.72 bits per heavy atom. The lowest BCUT2D eigenvalue weighted by atomic mass is 9.43. The van der Waals surface area contributed by atoms with Crippen LogP contribution in [-0.2, 0) is 14.3 Å². The summed E-state index contributed by atoms with van der Waals surface area (Å²) < 4.78 is 13.3. The van der Waals surface area contributed by atoms with Crippen LogP contribution < -0.4 is 0 Å². The maximum Gasteiger partial charge on any atom is 0.209 e. The Labute approximate surface area is 176 Å². The molecule has 4 heteroatoms. The minimum Gasteiger partial charge on any atom is -0.345 e. The van der Waals surface area contributed by atoms with E-state index in [2.05, 4.69) is 34.3 Å². The predicted octanol–water partition coefficient (Wildman–Crippen LogP) is 4.78. The molecule has 162 valence electrons. The molecule has 0 aromatic carbocycles. The summed E-state index contributed by atoms with van der Waals surface area (Å²) >= 11 is 0. The highest BCUT2D eigenvalue weighted by Crippen LogP contribution is 2.69. The molecule has 29 heavy (non-hydrogen) atoms. The van der Waals surface area contributed by atoms with Gasteiger partial charge in [0.25, 0.3) is 0 Å². The first-order chi connectivity index (χ1) is 13.6. The van der Waals surface area contributed by atoms with Gasteiger partial charge in [0.1, 0.15) is 0 Å². The number of carbonyl (C=O) groups excluding carboxylic acids is 1. The number of ether oxygens (including phenoxy) is 2. The van der Waals surface area contributed by atoms with Crippen molar-refractivity contribution in [3.8, 4) is 0 Å². The number of rotatable bonds is 2. The first kappa shape index (κ1) is 20.1. The number of hydrogen-bond acceptors (Lipinski definition) is 3. The Kier molecular flexibility index (Phi) is 4.37. The molecule has 1 saturated heterocycles. The zero-order valence-electron chi connectivity index (χ0n) is 18.9. The van der Waals surface area contributed by atoms with Gasteiger partial charge in [-0.15, -0.1) is 0 Å². The number of amides is 1. The number of hydrogen-bond donors (Lipinski definition) is 0. The van der Waals surface area contributed by atoms with Crippen molar-refractivity contribution >= 4 is 6.41 Å². The second-order valence-electron chi connectivity index (χ2n) is 11.8. The van der Waals surface area contributed by atoms with E-state index >= 15 is 0 Å². The van der Waals surface area contributed by atoms with Crippen LogP contribution in [-0.4, -0.2) is 42.4 Å². The molecule has 5 aliphatic rings. The summed E-state index contributed by atoms with van der Waals surface area (Å²) in [6, 6.07) is 0.329. The molecule has 0 radical (unpaired) electrons. The lowest BCUT2D eigenvalue weighted by Crippen LogP contribution is -2.63. The molecule has 0 spiro atoms. The van der Waals surface area contributed by atoms with Gasteiger partial charge in [-0.25, -0.2) is 0 Å². The van der Waals surface area contributed by atoms with Gasteiger partial charge in [0, 0.05) is 13.1 Å². The fourth-order valence-corrected chi connectivity index (χ4v) is 8.53. The van der Waals surface area contributed by atoms with E-state index < -0.39 is 5.79 Å². The Bertz CT molecular complexity index is 719. The molecule has 1 heterocycles. The van der Waals surface area contributed by atoms with Gasteiger partial charge < -0.3 is 14.4 Å². The average Bonchev–Trinajstić information content (AvgIpc) is 3.16. The molecule has 0 aromatic rings. The Morgan fingerprint density at radius 3 is 2.45 bits per heavy atom. The summed E-state index contributed by atoms with van der Waals surface area (Å²) in [4.78, 5) is 13.3. The highest BCUT2D eigenvalue weighted by molar-refractivity contribution is 5.47. The number of carbonyl (C=O) groups is 1. The molecule has 0 N–H and O–H groups in total. The second-order valence-corrected chi connectivity index (χ2v) is 11.8. The molecule has 1 aliphatic heterocycles. The highest BCUT2D eigenvalue weighted by Gasteiger charge is 2.67. The molecular weight excluding hydrogens is 362 g/mol. The maximum atomic E-state index is 11.5. The highest BCUT2D eigenvalue weighted by atomic mass is 16.8. The fourth-order valence-electron chi connectivity index (χ4n) is 8.53. The van der Waals surface area contributed by atoms with E-state index in [4.69, 9.17) is 9.47 Å². The summed E-state index contributed by atoms with van der Waals surface area (Å²) in [5.41, 5.74) is 2.03. The van der Waals surface area contributed by atoms with E-state index in [1.54, 1.807) is 0 Å². The third-order valence-corrected chi connectivity index (χ3v) is 10.2. The normalized spacial score (nSPS) is 52.9. The molecule has 5 fully saturated rings. The quantitative estimate of drug-likeness (QED) is 0.494. The number of fused-ring (bicyclic) bond motifs is 8. The molecule has 9 atom stereocenters. The Balaban J connectivity index is 1.55. The van der Waals surface area contributed by atoms with Gasteiger partial charge in [-0.3, -0.25) is 4.79 Å². The zero-order chi connectivity index (χ0) is 20.8. The van der Waals surface area contributed by atoms with Gasteiger partial charge in [-0.05, 0) is 93.3 Å². The summed E-state index contributed by atoms with van der Waals surface area (Å²) in [6.07, 6.45) is 9.69. The zero-order valence-corrected chi connectivity index (χ0v) is 18.9. The molecule has 7 unspecified atom stereocenters. The minimum atomic E-state index is -0.516. The SMILES string of the molecule is C=C1CCC2C3C4OC(C)(C)O[C@@H]4C4C[C@H](N(C)C=O)CCC4(C)C3CCC12C. The van der Waals surface area contributed by atoms with Gasteiger partial charge in [-0.2, -0.15) is 0 Å². The second kappa shape index (κ2) is 6.32. The van der Waals surface area contributed by atoms with E-state index in [-0.39, 0.29) is 23.0 Å². The monoisotopic (exact) mass is 401 g/mol. The molecule has 0 aromatic heterocycles. The van der Waals surface area contributed by atoms with Gasteiger partial charge in [0.2, 0.25) is 6.41 Å². The Morgan fingerprint density at radius 1 is 1.00 bits per heavy atom. The van der Waals surface area contributed by atoms with Crippen molar-refractivity contribution in [2.75, 3.05) is 7.05 Å². The summed E-state index contributed by atoms with van der Waals surface area (Å²) in [5, 5.41) is 0. The van der Waals surface area contributed by atoms with Crippen molar-refractivity contribution in [2.24, 2.45) is 34.5 Å². The standard InChI is InChI=1S/C25H39NO3/c1-15-7-8-17-20-18(10-12-24(15,17)4)25(5)11-9-16(26(6)14-27)13-19(25)21-22(20)29-23(2,3)28-21/h14,16-22H,1,7-13H2,2-6H3/t16-,17?,18?,19?,20?,21-,22?,24?,25?/m1/s1. The van der Waals surface area contributed by atoms with E-state index in [0.717, 1.165) is 19.3 Å². The van der Waals surface area contributed by atoms with Gasteiger partial charge in [-0.1, -0.05) is 26.0 Å². The summed E-state index contributed by atoms with van der Waals surface area (Å²) in [6.45, 7) is 13.7. The lowest BCUT2D eigenvalue weighted by Gasteiger charge is -2.63. The molecule has 4 aliphatic carbocycles. The smallest absolute Gasteiger partial charge is 0.209 e. The van der Waals surface area contributed by atoms with Crippen molar-refractivity contribution in [1.29, 1.82) is 0 Å². The third kappa shape index (κ3) is 2.67. The average molecular weight is 402 g/mol. The molecular formula is C25H39NO3. The number of allylic oxidation sites excluding steroid dienone is 1. The first-order valence-corrected chi connectivity index (χ1v) is 11.8. The fraction of sp³-hybridized carbons (Fsp3) is 0.880. The Hall–Kier alpha value is -0.870. The van der Waals surface area contributed by atoms with Crippen molar-refractivity contribution < 1.29 is 14.3 Å². The topological polar surface area (TPSA) is 38.8 Å². The van der Waals surface area contributed by atoms with Crippen LogP contribution in [0.4, 0.5) is 0 Å². The van der Waals surface area contributed by atoms with E-state index in [1.165, 1.54) is 37.7 Å². The third-order valence-electron chi connectivity index (χ3n) is 10.2. The van der Waals surface area contributed by atoms with Crippen LogP contribution >= 0.6 is 0 Å². The van der Waals surface area contributed by atoms with Crippen LogP contribution in [0.25, 0.3) is 0 Å². The van der Waals surface area contributed by atoms with Gasteiger partial charge in [0.05, 0.1) is 12.2 Å². The van der Waals surface area contributed by atoms with Crippen LogP contribution in [0.1, 0.15) is 72.6 Å². The van der Waals surface area contributed by atoms with Crippen LogP contribution in [0.2, 0.25) is 0 Å². The van der Waals surface area contributed by atoms with E-state index in [9.17, 15) is 4.79 Å². The van der Waals surface area contributed by atoms with Gasteiger partial charge in [0.15, 0.2) is 5.79 Å². The summed E-state index contributed by atoms with van der Waals surface area (Å²) in [5.74, 6) is 1.88. The first-order valence-electron chi connectivity index (χ1n) is 11.8. The van der Waals surface area contributed by atoms with E-state index in [1.807, 2.05) is 11.9 Å². The van der Waals surface area contributed by atoms with Crippen molar-refractivity contribution in [3.63, 3.8) is 0 Å². The number of nitrogens with zero attached hydrogens (tertiary/aromatic N) is 1. The lowest BCUT2D eigenvalue weighted by molar-refractivity contribution is -0.178. The minimum absolute atomic E-state index is 0.148. The molecule has 1 amide bonds. The summed E-state index contributed by atoms with van der Waals surface area (Å²) in [7, 11) is 1.94. The van der Waals surface area contributed by atoms with Crippen LogP contribution in [0.15, 0.2) is 12.2 Å². The van der Waals surface area contributed by atoms with Crippen LogP contribution in [0.5, 0.6) is 0 Å². The molecule has 4 saturated carbocycles. The van der Waals surface area contributed by atoms with Crippen molar-refractivity contribution in [1.82, 2.24) is 4.90 Å². The van der Waals surface area contributed by atoms with Gasteiger partial charge >= 0.3 is 0 Å². The molecule has 4 nitrogen and oxygen atoms in total. The van der Waals surface area contributed by atoms with Crippen molar-refractivity contribution in [2.45, 2.75) is 96.7 Å².